The van der Waals surface area contributed by atoms with Crippen molar-refractivity contribution in [1.29, 1.82) is 0 Å². The van der Waals surface area contributed by atoms with E-state index in [4.69, 9.17) is 19.9 Å². The van der Waals surface area contributed by atoms with E-state index in [0.717, 1.165) is 4.90 Å². The normalized spacial score (nSPS) is 16.6. The number of hydrogen-bond acceptors (Lipinski definition) is 12. The van der Waals surface area contributed by atoms with Gasteiger partial charge in [0.2, 0.25) is 23.6 Å². The van der Waals surface area contributed by atoms with Crippen molar-refractivity contribution in [3.63, 3.8) is 0 Å². The highest BCUT2D eigenvalue weighted by molar-refractivity contribution is 6.13. The number of carbonyl (C=O) groups is 8. The summed E-state index contributed by atoms with van der Waals surface area (Å²) in [6.45, 7) is 7.24. The molecule has 0 aromatic heterocycles. The molecule has 2 aliphatic rings. The van der Waals surface area contributed by atoms with E-state index in [9.17, 15) is 38.4 Å². The molecule has 56 heavy (non-hydrogen) atoms. The molecule has 0 radical (unpaired) electrons. The van der Waals surface area contributed by atoms with E-state index in [2.05, 4.69) is 21.3 Å². The number of primary amides is 1. The summed E-state index contributed by atoms with van der Waals surface area (Å²) in [6, 6.07) is 3.92. The van der Waals surface area contributed by atoms with Crippen LogP contribution in [0.4, 0.5) is 10.5 Å². The van der Waals surface area contributed by atoms with Gasteiger partial charge < -0.3 is 46.1 Å². The van der Waals surface area contributed by atoms with Crippen LogP contribution in [0, 0.1) is 5.92 Å². The lowest BCUT2D eigenvalue weighted by Gasteiger charge is -2.28. The second kappa shape index (κ2) is 23.5. The minimum Gasteiger partial charge on any atom is -0.461 e. The van der Waals surface area contributed by atoms with Gasteiger partial charge in [0.15, 0.2) is 0 Å². The first-order valence-electron chi connectivity index (χ1n) is 18.6. The highest BCUT2D eigenvalue weighted by Crippen LogP contribution is 2.13. The summed E-state index contributed by atoms with van der Waals surface area (Å²) in [6.07, 6.45) is 2.80. The number of benzene rings is 1. The van der Waals surface area contributed by atoms with Crippen molar-refractivity contribution in [2.24, 2.45) is 11.7 Å². The maximum absolute atomic E-state index is 13.6. The number of nitrogens with one attached hydrogen (secondary N) is 4. The lowest BCUT2D eigenvalue weighted by Crippen LogP contribution is -2.56. The average Bonchev–Trinajstić information content (AvgIpc) is 3.46. The van der Waals surface area contributed by atoms with Gasteiger partial charge in [-0.3, -0.25) is 43.4 Å². The van der Waals surface area contributed by atoms with Gasteiger partial charge in [0.25, 0.3) is 11.8 Å². The average molecular weight is 787 g/mol. The molecule has 19 nitrogen and oxygen atoms in total. The van der Waals surface area contributed by atoms with Crippen molar-refractivity contribution < 1.29 is 52.6 Å². The summed E-state index contributed by atoms with van der Waals surface area (Å²) < 4.78 is 16.5. The zero-order chi connectivity index (χ0) is 41.0. The van der Waals surface area contributed by atoms with Crippen molar-refractivity contribution in [3.05, 3.63) is 42.0 Å². The van der Waals surface area contributed by atoms with Crippen molar-refractivity contribution in [3.8, 4) is 0 Å². The molecule has 3 rings (SSSR count). The molecular formula is C37H54N8O11. The highest BCUT2D eigenvalue weighted by Gasteiger charge is 2.30. The summed E-state index contributed by atoms with van der Waals surface area (Å²) in [5.74, 6) is -3.40. The molecule has 1 saturated heterocycles. The van der Waals surface area contributed by atoms with Gasteiger partial charge >= 0.3 is 12.0 Å². The van der Waals surface area contributed by atoms with Gasteiger partial charge in [-0.25, -0.2) is 4.79 Å². The van der Waals surface area contributed by atoms with Crippen LogP contribution in [0.2, 0.25) is 0 Å². The van der Waals surface area contributed by atoms with Gasteiger partial charge in [0.05, 0.1) is 33.0 Å². The Morgan fingerprint density at radius 3 is 2.04 bits per heavy atom. The summed E-state index contributed by atoms with van der Waals surface area (Å²) in [5.41, 5.74) is 6.32. The molecule has 6 N–H and O–H groups in total. The van der Waals surface area contributed by atoms with Gasteiger partial charge in [-0.05, 0) is 36.5 Å². The maximum atomic E-state index is 13.6. The standard InChI is InChI=1S/C37H54N8O11/c1-25(2)34(36(52)41-29(5-4-13-39-37(38)53)35(51)40-28-8-6-27(7-9-28)24-56-26(3)46)42-30(47)23-43-15-19-54-21-17-44(18-22-55-20-16-43)31(48)12-14-45-32(49)10-11-33(45)50/h6-11,25,29,34H,4-5,12-24H2,1-3H3,(H,40,51)(H,41,52)(H,42,47)(H3,38,39,53)/t29-,34-/m0/s1. The van der Waals surface area contributed by atoms with Gasteiger partial charge in [-0.15, -0.1) is 0 Å². The second-order valence-electron chi connectivity index (χ2n) is 13.5. The molecule has 0 spiro atoms. The molecule has 0 unspecified atom stereocenters. The van der Waals surface area contributed by atoms with E-state index in [1.807, 2.05) is 4.90 Å². The van der Waals surface area contributed by atoms with Crippen molar-refractivity contribution in [1.82, 2.24) is 30.7 Å². The SMILES string of the molecule is CC(=O)OCc1ccc(NC(=O)[C@H](CCCNC(N)=O)NC(=O)[C@@H](NC(=O)CN2CCOCCN(C(=O)CCN3C(=O)C=CC3=O)CCOCC2)C(C)C)cc1. The van der Waals surface area contributed by atoms with Crippen LogP contribution in [0.1, 0.15) is 45.6 Å². The molecule has 1 fully saturated rings. The van der Waals surface area contributed by atoms with Crippen LogP contribution in [0.3, 0.4) is 0 Å². The monoisotopic (exact) mass is 786 g/mol. The number of urea groups is 1. The molecule has 1 aromatic carbocycles. The number of amides is 8. The number of hydrogen-bond donors (Lipinski definition) is 5. The zero-order valence-electron chi connectivity index (χ0n) is 32.2. The molecular weight excluding hydrogens is 732 g/mol. The van der Waals surface area contributed by atoms with Crippen LogP contribution >= 0.6 is 0 Å². The first kappa shape index (κ1) is 45.0. The van der Waals surface area contributed by atoms with Crippen LogP contribution in [-0.2, 0) is 54.4 Å². The van der Waals surface area contributed by atoms with Crippen molar-refractivity contribution >= 4 is 53.1 Å². The summed E-state index contributed by atoms with van der Waals surface area (Å²) in [5, 5.41) is 10.8. The molecule has 2 heterocycles. The molecule has 0 aliphatic carbocycles. The fraction of sp³-hybridized carbons (Fsp3) is 0.568. The van der Waals surface area contributed by atoms with Gasteiger partial charge in [-0.2, -0.15) is 0 Å². The molecule has 1 aromatic rings. The molecule has 19 heteroatoms. The second-order valence-corrected chi connectivity index (χ2v) is 13.5. The molecule has 2 aliphatic heterocycles. The van der Waals surface area contributed by atoms with Gasteiger partial charge in [0.1, 0.15) is 18.7 Å². The largest absolute Gasteiger partial charge is 0.461 e. The Morgan fingerprint density at radius 1 is 0.857 bits per heavy atom. The Morgan fingerprint density at radius 2 is 1.46 bits per heavy atom. The molecule has 308 valence electrons. The predicted octanol–water partition coefficient (Wildman–Crippen LogP) is -0.745. The van der Waals surface area contributed by atoms with Crippen molar-refractivity contribution in [2.75, 3.05) is 77.6 Å². The Bertz CT molecular complexity index is 1540. The van der Waals surface area contributed by atoms with E-state index in [0.29, 0.717) is 30.8 Å². The lowest BCUT2D eigenvalue weighted by atomic mass is 10.0. The Hall–Kier alpha value is -5.40. The number of imide groups is 1. The Labute approximate surface area is 325 Å². The van der Waals surface area contributed by atoms with Crippen LogP contribution < -0.4 is 27.0 Å². The van der Waals surface area contributed by atoms with Crippen LogP contribution in [0.5, 0.6) is 0 Å². The number of anilines is 1. The van der Waals surface area contributed by atoms with Crippen LogP contribution in [0.15, 0.2) is 36.4 Å². The van der Waals surface area contributed by atoms with E-state index in [1.165, 1.54) is 19.1 Å². The molecule has 0 bridgehead atoms. The third kappa shape index (κ3) is 16.1. The zero-order valence-corrected chi connectivity index (χ0v) is 32.2. The quantitative estimate of drug-likeness (QED) is 0.0744. The summed E-state index contributed by atoms with van der Waals surface area (Å²) in [7, 11) is 0. The van der Waals surface area contributed by atoms with Gasteiger partial charge in [0, 0.05) is 70.5 Å². The van der Waals surface area contributed by atoms with E-state index >= 15 is 0 Å². The van der Waals surface area contributed by atoms with Crippen molar-refractivity contribution in [2.45, 2.75) is 58.7 Å². The minimum atomic E-state index is -1.03. The number of esters is 1. The third-order valence-electron chi connectivity index (χ3n) is 8.82. The summed E-state index contributed by atoms with van der Waals surface area (Å²) in [4.78, 5) is 103. The molecule has 0 saturated carbocycles. The fourth-order valence-corrected chi connectivity index (χ4v) is 5.69. The van der Waals surface area contributed by atoms with Gasteiger partial charge in [-0.1, -0.05) is 26.0 Å². The highest BCUT2D eigenvalue weighted by atomic mass is 16.5. The Balaban J connectivity index is 1.53. The Kier molecular flexibility index (Phi) is 18.9. The number of carbonyl (C=O) groups excluding carboxylic acids is 8. The van der Waals surface area contributed by atoms with E-state index in [-0.39, 0.29) is 90.4 Å². The number of ether oxygens (including phenoxy) is 3. The number of nitrogens with zero attached hydrogens (tertiary/aromatic N) is 3. The summed E-state index contributed by atoms with van der Waals surface area (Å²) >= 11 is 0. The fourth-order valence-electron chi connectivity index (χ4n) is 5.69. The first-order chi connectivity index (χ1) is 26.7. The topological polar surface area (TPSA) is 248 Å². The predicted molar refractivity (Wildman–Crippen MR) is 201 cm³/mol. The van der Waals surface area contributed by atoms with Crippen LogP contribution in [0.25, 0.3) is 0 Å². The third-order valence-corrected chi connectivity index (χ3v) is 8.82. The maximum Gasteiger partial charge on any atom is 0.312 e. The van der Waals surface area contributed by atoms with E-state index < -0.39 is 53.6 Å². The van der Waals surface area contributed by atoms with Crippen LogP contribution in [-0.4, -0.2) is 146 Å². The van der Waals surface area contributed by atoms with E-state index in [1.54, 1.807) is 43.0 Å². The minimum absolute atomic E-state index is 0.0127. The smallest absolute Gasteiger partial charge is 0.312 e. The first-order valence-corrected chi connectivity index (χ1v) is 18.6. The number of nitrogens with two attached hydrogens (primary N) is 1. The lowest BCUT2D eigenvalue weighted by molar-refractivity contribution is -0.142. The molecule has 8 amide bonds. The number of rotatable bonds is 17. The molecule has 2 atom stereocenters.